The molecule has 2 aromatic rings. The number of benzene rings is 2. The number of imide groups is 1. The smallest absolute Gasteiger partial charge is 0.314 e. The second kappa shape index (κ2) is 6.99. The van der Waals surface area contributed by atoms with Gasteiger partial charge in [0.2, 0.25) is 0 Å². The highest BCUT2D eigenvalue weighted by Crippen LogP contribution is 2.37. The lowest BCUT2D eigenvalue weighted by molar-refractivity contribution is -0.200. The first-order valence-corrected chi connectivity index (χ1v) is 8.32. The fourth-order valence-electron chi connectivity index (χ4n) is 2.96. The minimum absolute atomic E-state index is 0.0808. The first kappa shape index (κ1) is 19.4. The zero-order valence-corrected chi connectivity index (χ0v) is 14.7. The third kappa shape index (κ3) is 3.19. The van der Waals surface area contributed by atoms with Crippen molar-refractivity contribution in [1.82, 2.24) is 15.5 Å². The molecule has 9 heteroatoms. The van der Waals surface area contributed by atoms with Gasteiger partial charge in [-0.25, -0.2) is 4.79 Å². The number of alkyl halides is 3. The fourth-order valence-corrected chi connectivity index (χ4v) is 2.96. The van der Waals surface area contributed by atoms with Gasteiger partial charge in [0.1, 0.15) is 0 Å². The lowest BCUT2D eigenvalue weighted by Gasteiger charge is -2.30. The highest BCUT2D eigenvalue weighted by Gasteiger charge is 2.69. The van der Waals surface area contributed by atoms with Crippen molar-refractivity contribution in [3.63, 3.8) is 0 Å². The molecule has 1 aliphatic rings. The monoisotopic (exact) mass is 391 g/mol. The van der Waals surface area contributed by atoms with Crippen LogP contribution in [0.2, 0.25) is 0 Å². The van der Waals surface area contributed by atoms with Crippen molar-refractivity contribution < 1.29 is 27.6 Å². The lowest BCUT2D eigenvalue weighted by atomic mass is 10.0. The van der Waals surface area contributed by atoms with Crippen molar-refractivity contribution in [2.24, 2.45) is 0 Å². The minimum atomic E-state index is -5.25. The van der Waals surface area contributed by atoms with E-state index in [1.807, 2.05) is 0 Å². The largest absolute Gasteiger partial charge is 0.440 e. The van der Waals surface area contributed by atoms with Gasteiger partial charge >= 0.3 is 12.2 Å². The number of rotatable bonds is 4. The summed E-state index contributed by atoms with van der Waals surface area (Å²) in [5.74, 6) is -2.73. The van der Waals surface area contributed by atoms with Crippen molar-refractivity contribution in [3.05, 3.63) is 71.8 Å². The van der Waals surface area contributed by atoms with Crippen LogP contribution in [-0.4, -0.2) is 34.6 Å². The Kier molecular flexibility index (Phi) is 4.84. The number of carbonyl (C=O) groups is 3. The molecule has 0 bridgehead atoms. The molecule has 4 amide bonds. The fraction of sp³-hybridized carbons (Fsp3) is 0.211. The molecular weight excluding hydrogens is 375 g/mol. The molecule has 146 valence electrons. The Morgan fingerprint density at radius 1 is 1.04 bits per heavy atom. The van der Waals surface area contributed by atoms with E-state index in [1.54, 1.807) is 47.0 Å². The highest BCUT2D eigenvalue weighted by molar-refractivity contribution is 6.10. The van der Waals surface area contributed by atoms with Gasteiger partial charge in [-0.2, -0.15) is 13.2 Å². The van der Waals surface area contributed by atoms with E-state index in [-0.39, 0.29) is 5.56 Å². The van der Waals surface area contributed by atoms with Crippen LogP contribution in [0.4, 0.5) is 18.0 Å². The Bertz CT molecular complexity index is 903. The molecule has 0 aromatic heterocycles. The summed E-state index contributed by atoms with van der Waals surface area (Å²) in [5.41, 5.74) is -3.15. The van der Waals surface area contributed by atoms with Gasteiger partial charge < -0.3 is 5.32 Å². The van der Waals surface area contributed by atoms with Crippen LogP contribution in [0.5, 0.6) is 0 Å². The average Bonchev–Trinajstić information content (AvgIpc) is 2.93. The van der Waals surface area contributed by atoms with Crippen LogP contribution in [0.3, 0.4) is 0 Å². The summed E-state index contributed by atoms with van der Waals surface area (Å²) in [4.78, 5) is 37.9. The van der Waals surface area contributed by atoms with Gasteiger partial charge in [0.25, 0.3) is 17.5 Å². The van der Waals surface area contributed by atoms with E-state index in [2.05, 4.69) is 0 Å². The van der Waals surface area contributed by atoms with Crippen molar-refractivity contribution in [2.45, 2.75) is 24.8 Å². The molecule has 2 N–H and O–H groups in total. The number of amides is 4. The molecule has 0 aliphatic carbocycles. The predicted octanol–water partition coefficient (Wildman–Crippen LogP) is 2.99. The van der Waals surface area contributed by atoms with E-state index in [0.29, 0.717) is 10.5 Å². The number of halogens is 3. The molecule has 1 saturated heterocycles. The lowest BCUT2D eigenvalue weighted by Crippen LogP contribution is -2.69. The molecule has 0 saturated carbocycles. The molecule has 2 aromatic carbocycles. The number of nitrogens with one attached hydrogen (secondary N) is 2. The third-order valence-corrected chi connectivity index (χ3v) is 4.48. The van der Waals surface area contributed by atoms with Crippen LogP contribution in [0.15, 0.2) is 60.7 Å². The van der Waals surface area contributed by atoms with E-state index in [1.165, 1.54) is 31.2 Å². The molecular formula is C19H16F3N3O3. The maximum absolute atomic E-state index is 13.9. The number of hydrogen-bond donors (Lipinski definition) is 2. The van der Waals surface area contributed by atoms with E-state index in [4.69, 9.17) is 0 Å². The maximum Gasteiger partial charge on any atom is 0.440 e. The van der Waals surface area contributed by atoms with Crippen LogP contribution < -0.4 is 10.6 Å². The molecule has 0 spiro atoms. The number of nitrogens with zero attached hydrogens (tertiary/aromatic N) is 1. The third-order valence-electron chi connectivity index (χ3n) is 4.48. The molecule has 6 nitrogen and oxygen atoms in total. The van der Waals surface area contributed by atoms with Gasteiger partial charge in [0.15, 0.2) is 0 Å². The standard InChI is InChI=1S/C19H16F3N3O3/c1-12(13-8-4-2-5-9-13)25-16(27)18(19(20,21)22,24-17(25)28)23-15(26)14-10-6-3-7-11-14/h2-12H,1H3,(H,23,26)(H,24,28)/t12-,18+/m1/s1. The van der Waals surface area contributed by atoms with Gasteiger partial charge in [-0.1, -0.05) is 48.5 Å². The van der Waals surface area contributed by atoms with Crippen LogP contribution in [0, 0.1) is 0 Å². The van der Waals surface area contributed by atoms with Gasteiger partial charge in [-0.15, -0.1) is 0 Å². The molecule has 28 heavy (non-hydrogen) atoms. The van der Waals surface area contributed by atoms with Crippen molar-refractivity contribution >= 4 is 17.8 Å². The van der Waals surface area contributed by atoms with E-state index in [0.717, 1.165) is 0 Å². The topological polar surface area (TPSA) is 78.5 Å². The maximum atomic E-state index is 13.9. The van der Waals surface area contributed by atoms with E-state index >= 15 is 0 Å². The van der Waals surface area contributed by atoms with Crippen molar-refractivity contribution in [1.29, 1.82) is 0 Å². The number of hydrogen-bond acceptors (Lipinski definition) is 3. The summed E-state index contributed by atoms with van der Waals surface area (Å²) in [6.45, 7) is 1.43. The quantitative estimate of drug-likeness (QED) is 0.787. The van der Waals surface area contributed by atoms with Crippen molar-refractivity contribution in [2.75, 3.05) is 0 Å². The SMILES string of the molecule is C[C@H](c1ccccc1)N1C(=O)N[C@](NC(=O)c2ccccc2)(C(F)(F)F)C1=O. The second-order valence-corrected chi connectivity index (χ2v) is 6.26. The van der Waals surface area contributed by atoms with Gasteiger partial charge in [-0.3, -0.25) is 19.8 Å². The van der Waals surface area contributed by atoms with Gasteiger partial charge in [0.05, 0.1) is 6.04 Å². The Balaban J connectivity index is 1.97. The van der Waals surface area contributed by atoms with Crippen molar-refractivity contribution in [3.8, 4) is 0 Å². The highest BCUT2D eigenvalue weighted by atomic mass is 19.4. The summed E-state index contributed by atoms with van der Waals surface area (Å²) < 4.78 is 41.6. The summed E-state index contributed by atoms with van der Waals surface area (Å²) in [6, 6.07) is 13.0. The average molecular weight is 391 g/mol. The zero-order chi connectivity index (χ0) is 20.5. The Labute approximate surface area is 158 Å². The first-order chi connectivity index (χ1) is 13.2. The number of urea groups is 1. The minimum Gasteiger partial charge on any atom is -0.314 e. The van der Waals surface area contributed by atoms with E-state index < -0.39 is 35.7 Å². The molecule has 2 atom stereocenters. The Morgan fingerprint density at radius 3 is 2.11 bits per heavy atom. The normalized spacial score (nSPS) is 20.6. The summed E-state index contributed by atoms with van der Waals surface area (Å²) in [7, 11) is 0. The molecule has 0 unspecified atom stereocenters. The zero-order valence-electron chi connectivity index (χ0n) is 14.7. The van der Waals surface area contributed by atoms with Crippen LogP contribution in [-0.2, 0) is 4.79 Å². The summed E-state index contributed by atoms with van der Waals surface area (Å²) in [5, 5.41) is 3.32. The summed E-state index contributed by atoms with van der Waals surface area (Å²) in [6.07, 6.45) is -5.25. The Hall–Kier alpha value is -3.36. The van der Waals surface area contributed by atoms with E-state index in [9.17, 15) is 27.6 Å². The van der Waals surface area contributed by atoms with Crippen LogP contribution in [0.1, 0.15) is 28.9 Å². The van der Waals surface area contributed by atoms with Gasteiger partial charge in [-0.05, 0) is 24.6 Å². The Morgan fingerprint density at radius 2 is 1.57 bits per heavy atom. The predicted molar refractivity (Wildman–Crippen MR) is 92.9 cm³/mol. The van der Waals surface area contributed by atoms with Crippen LogP contribution in [0.25, 0.3) is 0 Å². The molecule has 0 radical (unpaired) electrons. The van der Waals surface area contributed by atoms with Gasteiger partial charge in [0, 0.05) is 5.56 Å². The molecule has 1 heterocycles. The summed E-state index contributed by atoms with van der Waals surface area (Å²) >= 11 is 0. The molecule has 1 aliphatic heterocycles. The second-order valence-electron chi connectivity index (χ2n) is 6.26. The van der Waals surface area contributed by atoms with Crippen LogP contribution >= 0.6 is 0 Å². The first-order valence-electron chi connectivity index (χ1n) is 8.32. The molecule has 3 rings (SSSR count). The molecule has 1 fully saturated rings. The number of carbonyl (C=O) groups excluding carboxylic acids is 3.